The van der Waals surface area contributed by atoms with Crippen molar-refractivity contribution in [3.8, 4) is 11.1 Å². The van der Waals surface area contributed by atoms with E-state index in [9.17, 15) is 0 Å². The Morgan fingerprint density at radius 2 is 1.61 bits per heavy atom. The largest absolute Gasteiger partial charge is 0.395 e. The highest BCUT2D eigenvalue weighted by atomic mass is 35.5. The second-order valence-electron chi connectivity index (χ2n) is 7.64. The van der Waals surface area contributed by atoms with Crippen LogP contribution in [0.1, 0.15) is 17.0 Å². The summed E-state index contributed by atoms with van der Waals surface area (Å²) in [4.78, 5) is 0. The van der Waals surface area contributed by atoms with Crippen LogP contribution in [0.15, 0.2) is 72.8 Å². The van der Waals surface area contributed by atoms with E-state index >= 15 is 0 Å². The molecule has 31 heavy (non-hydrogen) atoms. The summed E-state index contributed by atoms with van der Waals surface area (Å²) in [5, 5.41) is 13.7. The van der Waals surface area contributed by atoms with Gasteiger partial charge in [0, 0.05) is 29.1 Å². The van der Waals surface area contributed by atoms with Gasteiger partial charge in [0.2, 0.25) is 0 Å². The molecule has 0 unspecified atom stereocenters. The first-order chi connectivity index (χ1) is 15.1. The van der Waals surface area contributed by atoms with E-state index in [-0.39, 0.29) is 0 Å². The molecule has 0 saturated carbocycles. The molecule has 0 radical (unpaired) electrons. The van der Waals surface area contributed by atoms with Crippen molar-refractivity contribution < 1.29 is 0 Å². The number of halogens is 1. The van der Waals surface area contributed by atoms with Crippen LogP contribution in [0.2, 0.25) is 5.02 Å². The monoisotopic (exact) mass is 427 g/mol. The summed E-state index contributed by atoms with van der Waals surface area (Å²) in [5.41, 5.74) is 13.3. The van der Waals surface area contributed by atoms with Gasteiger partial charge in [0.25, 0.3) is 0 Å². The Balaban J connectivity index is 1.50. The quantitative estimate of drug-likeness (QED) is 0.395. The number of fused-ring (bicyclic) bond motifs is 3. The van der Waals surface area contributed by atoms with Gasteiger partial charge in [-0.25, -0.2) is 0 Å². The second kappa shape index (κ2) is 8.02. The SMILES string of the molecule is Cc1nnc2c(N)c(-c3ccc(CNCc4ccccc4)cc3)c3cc(Cl)ccc3n12. The van der Waals surface area contributed by atoms with Gasteiger partial charge in [-0.3, -0.25) is 4.40 Å². The van der Waals surface area contributed by atoms with Crippen molar-refractivity contribution >= 4 is 33.8 Å². The van der Waals surface area contributed by atoms with E-state index in [2.05, 4.69) is 64.0 Å². The van der Waals surface area contributed by atoms with Crippen LogP contribution in [-0.4, -0.2) is 14.6 Å². The van der Waals surface area contributed by atoms with Crippen molar-refractivity contribution in [2.75, 3.05) is 5.73 Å². The Hall–Kier alpha value is -3.41. The Bertz CT molecular complexity index is 1370. The molecule has 154 valence electrons. The summed E-state index contributed by atoms with van der Waals surface area (Å²) >= 11 is 6.34. The fourth-order valence-corrected chi connectivity index (χ4v) is 4.20. The molecule has 0 saturated heterocycles. The third kappa shape index (κ3) is 3.63. The van der Waals surface area contributed by atoms with Gasteiger partial charge in [-0.15, -0.1) is 10.2 Å². The molecular formula is C25H22ClN5. The van der Waals surface area contributed by atoms with Gasteiger partial charge in [-0.2, -0.15) is 0 Å². The number of nitrogen functional groups attached to an aromatic ring is 1. The average Bonchev–Trinajstić information content (AvgIpc) is 3.18. The lowest BCUT2D eigenvalue weighted by atomic mass is 9.98. The number of nitrogens with two attached hydrogens (primary N) is 1. The molecular weight excluding hydrogens is 406 g/mol. The molecule has 0 bridgehead atoms. The van der Waals surface area contributed by atoms with Gasteiger partial charge >= 0.3 is 0 Å². The van der Waals surface area contributed by atoms with E-state index in [0.29, 0.717) is 16.4 Å². The molecule has 0 atom stereocenters. The van der Waals surface area contributed by atoms with Crippen molar-refractivity contribution in [1.82, 2.24) is 19.9 Å². The number of rotatable bonds is 5. The standard InChI is InChI=1S/C25H22ClN5/c1-16-29-30-25-24(27)23(21-13-20(26)11-12-22(21)31(16)25)19-9-7-18(8-10-19)15-28-14-17-5-3-2-4-6-17/h2-13,28H,14-15,27H2,1H3. The van der Waals surface area contributed by atoms with Crippen molar-refractivity contribution in [3.05, 3.63) is 94.8 Å². The van der Waals surface area contributed by atoms with Crippen LogP contribution >= 0.6 is 11.6 Å². The van der Waals surface area contributed by atoms with E-state index in [1.807, 2.05) is 35.6 Å². The van der Waals surface area contributed by atoms with Gasteiger partial charge in [-0.05, 0) is 41.8 Å². The maximum Gasteiger partial charge on any atom is 0.185 e. The fraction of sp³-hybridized carbons (Fsp3) is 0.120. The summed E-state index contributed by atoms with van der Waals surface area (Å²) in [6, 6.07) is 24.7. The molecule has 0 aliphatic heterocycles. The summed E-state index contributed by atoms with van der Waals surface area (Å²) < 4.78 is 1.98. The molecule has 5 aromatic rings. The zero-order valence-corrected chi connectivity index (χ0v) is 17.9. The fourth-order valence-electron chi connectivity index (χ4n) is 4.03. The molecule has 0 aliphatic rings. The molecule has 3 aromatic carbocycles. The normalized spacial score (nSPS) is 11.4. The van der Waals surface area contributed by atoms with Crippen LogP contribution in [0, 0.1) is 6.92 Å². The van der Waals surface area contributed by atoms with Crippen LogP contribution in [0.3, 0.4) is 0 Å². The minimum absolute atomic E-state index is 0.602. The molecule has 0 fully saturated rings. The number of pyridine rings is 1. The minimum Gasteiger partial charge on any atom is -0.395 e. The molecule has 0 amide bonds. The summed E-state index contributed by atoms with van der Waals surface area (Å²) in [5.74, 6) is 0.792. The smallest absolute Gasteiger partial charge is 0.185 e. The molecule has 2 aromatic heterocycles. The first-order valence-corrected chi connectivity index (χ1v) is 10.6. The topological polar surface area (TPSA) is 68.2 Å². The Morgan fingerprint density at radius 1 is 0.903 bits per heavy atom. The van der Waals surface area contributed by atoms with Gasteiger partial charge < -0.3 is 11.1 Å². The van der Waals surface area contributed by atoms with Crippen molar-refractivity contribution in [1.29, 1.82) is 0 Å². The van der Waals surface area contributed by atoms with E-state index in [4.69, 9.17) is 17.3 Å². The summed E-state index contributed by atoms with van der Waals surface area (Å²) in [6.45, 7) is 3.55. The van der Waals surface area contributed by atoms with E-state index < -0.39 is 0 Å². The molecule has 5 nitrogen and oxygen atoms in total. The van der Waals surface area contributed by atoms with Gasteiger partial charge in [0.05, 0.1) is 11.2 Å². The minimum atomic E-state index is 0.602. The van der Waals surface area contributed by atoms with Gasteiger partial charge in [0.1, 0.15) is 5.82 Å². The lowest BCUT2D eigenvalue weighted by Crippen LogP contribution is -2.12. The highest BCUT2D eigenvalue weighted by Crippen LogP contribution is 2.38. The summed E-state index contributed by atoms with van der Waals surface area (Å²) in [6.07, 6.45) is 0. The number of benzene rings is 3. The first-order valence-electron chi connectivity index (χ1n) is 10.2. The number of nitrogens with zero attached hydrogens (tertiary/aromatic N) is 3. The lowest BCUT2D eigenvalue weighted by Gasteiger charge is -2.14. The third-order valence-electron chi connectivity index (χ3n) is 5.55. The Morgan fingerprint density at radius 3 is 2.35 bits per heavy atom. The lowest BCUT2D eigenvalue weighted by molar-refractivity contribution is 0.693. The number of aryl methyl sites for hydroxylation is 1. The number of hydrogen-bond donors (Lipinski definition) is 2. The molecule has 5 rings (SSSR count). The summed E-state index contributed by atoms with van der Waals surface area (Å²) in [7, 11) is 0. The molecule has 6 heteroatoms. The van der Waals surface area contributed by atoms with Crippen LogP contribution in [-0.2, 0) is 13.1 Å². The van der Waals surface area contributed by atoms with Crippen LogP contribution in [0.5, 0.6) is 0 Å². The molecule has 3 N–H and O–H groups in total. The van der Waals surface area contributed by atoms with Crippen molar-refractivity contribution in [2.24, 2.45) is 0 Å². The zero-order chi connectivity index (χ0) is 21.4. The third-order valence-corrected chi connectivity index (χ3v) is 5.78. The number of nitrogens with one attached hydrogen (secondary N) is 1. The van der Waals surface area contributed by atoms with Crippen molar-refractivity contribution in [3.63, 3.8) is 0 Å². The Labute approximate surface area is 185 Å². The van der Waals surface area contributed by atoms with Gasteiger partial charge in [-0.1, -0.05) is 66.2 Å². The number of hydrogen-bond acceptors (Lipinski definition) is 4. The highest BCUT2D eigenvalue weighted by Gasteiger charge is 2.17. The first kappa shape index (κ1) is 19.5. The molecule has 2 heterocycles. The van der Waals surface area contributed by atoms with E-state index in [1.54, 1.807) is 0 Å². The second-order valence-corrected chi connectivity index (χ2v) is 8.08. The van der Waals surface area contributed by atoms with E-state index in [1.165, 1.54) is 11.1 Å². The van der Waals surface area contributed by atoms with E-state index in [0.717, 1.165) is 40.9 Å². The predicted molar refractivity (Wildman–Crippen MR) is 127 cm³/mol. The van der Waals surface area contributed by atoms with Crippen molar-refractivity contribution in [2.45, 2.75) is 20.0 Å². The zero-order valence-electron chi connectivity index (χ0n) is 17.1. The van der Waals surface area contributed by atoms with Crippen LogP contribution < -0.4 is 11.1 Å². The average molecular weight is 428 g/mol. The van der Waals surface area contributed by atoms with Crippen LogP contribution in [0.4, 0.5) is 5.69 Å². The molecule has 0 spiro atoms. The van der Waals surface area contributed by atoms with Crippen LogP contribution in [0.25, 0.3) is 27.7 Å². The number of aromatic nitrogens is 3. The highest BCUT2D eigenvalue weighted by molar-refractivity contribution is 6.31. The number of anilines is 1. The maximum atomic E-state index is 6.58. The molecule has 0 aliphatic carbocycles. The maximum absolute atomic E-state index is 6.58. The Kier molecular flexibility index (Phi) is 5.06. The van der Waals surface area contributed by atoms with Gasteiger partial charge in [0.15, 0.2) is 5.65 Å². The predicted octanol–water partition coefficient (Wildman–Crippen LogP) is 5.38.